The number of carboxylic acids is 1. The fourth-order valence-corrected chi connectivity index (χ4v) is 2.90. The number of benzene rings is 1. The van der Waals surface area contributed by atoms with Crippen LogP contribution in [0.4, 0.5) is 0 Å². The minimum atomic E-state index is -1.25. The number of aliphatic carboxylic acids is 1. The Labute approximate surface area is 190 Å². The Balaban J connectivity index is 2.07. The summed E-state index contributed by atoms with van der Waals surface area (Å²) >= 11 is 0. The first kappa shape index (κ1) is 25.5. The topological polar surface area (TPSA) is 200 Å². The average Bonchev–Trinajstić information content (AvgIpc) is 3.29. The Kier molecular flexibility index (Phi) is 9.51. The molecule has 33 heavy (non-hydrogen) atoms. The van der Waals surface area contributed by atoms with E-state index in [-0.39, 0.29) is 12.8 Å². The zero-order valence-corrected chi connectivity index (χ0v) is 18.0. The van der Waals surface area contributed by atoms with E-state index >= 15 is 0 Å². The van der Waals surface area contributed by atoms with Crippen molar-refractivity contribution in [1.82, 2.24) is 25.9 Å². The van der Waals surface area contributed by atoms with Gasteiger partial charge in [0, 0.05) is 24.7 Å². The lowest BCUT2D eigenvalue weighted by molar-refractivity contribution is -0.142. The normalized spacial score (nSPS) is 14.4. The highest BCUT2D eigenvalue weighted by atomic mass is 16.4. The number of aromatic nitrogens is 2. The molecule has 0 fully saturated rings. The molecular formula is C21H28N6O6. The number of hydrogen-bond donors (Lipinski definition) is 7. The van der Waals surface area contributed by atoms with Gasteiger partial charge in [-0.3, -0.25) is 14.4 Å². The maximum absolute atomic E-state index is 12.9. The second-order valence-corrected chi connectivity index (χ2v) is 7.47. The zero-order chi connectivity index (χ0) is 24.4. The molecule has 8 N–H and O–H groups in total. The van der Waals surface area contributed by atoms with Crippen LogP contribution >= 0.6 is 0 Å². The van der Waals surface area contributed by atoms with Crippen molar-refractivity contribution < 1.29 is 29.4 Å². The monoisotopic (exact) mass is 460 g/mol. The van der Waals surface area contributed by atoms with Gasteiger partial charge in [-0.25, -0.2) is 9.78 Å². The summed E-state index contributed by atoms with van der Waals surface area (Å²) in [6.45, 7) is 0.862. The van der Waals surface area contributed by atoms with Crippen LogP contribution in [0.15, 0.2) is 42.9 Å². The summed E-state index contributed by atoms with van der Waals surface area (Å²) in [5.41, 5.74) is 6.77. The van der Waals surface area contributed by atoms with Crippen LogP contribution in [0.2, 0.25) is 0 Å². The van der Waals surface area contributed by atoms with Crippen LogP contribution in [0.3, 0.4) is 0 Å². The fraction of sp³-hybridized carbons (Fsp3) is 0.381. The summed E-state index contributed by atoms with van der Waals surface area (Å²) in [7, 11) is 0. The number of amides is 3. The second kappa shape index (κ2) is 12.3. The van der Waals surface area contributed by atoms with Crippen LogP contribution in [-0.2, 0) is 32.0 Å². The number of imidazole rings is 1. The van der Waals surface area contributed by atoms with E-state index < -0.39 is 54.5 Å². The highest BCUT2D eigenvalue weighted by Crippen LogP contribution is 2.05. The number of aromatic amines is 1. The van der Waals surface area contributed by atoms with Gasteiger partial charge in [0.2, 0.25) is 17.7 Å². The van der Waals surface area contributed by atoms with Crippen molar-refractivity contribution in [2.45, 2.75) is 44.0 Å². The minimum absolute atomic E-state index is 0.0274. The van der Waals surface area contributed by atoms with Gasteiger partial charge in [0.05, 0.1) is 19.0 Å². The van der Waals surface area contributed by atoms with Gasteiger partial charge in [-0.1, -0.05) is 30.3 Å². The zero-order valence-electron chi connectivity index (χ0n) is 18.0. The molecule has 178 valence electrons. The molecule has 1 heterocycles. The molecule has 4 unspecified atom stereocenters. The molecule has 12 heteroatoms. The van der Waals surface area contributed by atoms with E-state index in [0.29, 0.717) is 5.69 Å². The van der Waals surface area contributed by atoms with E-state index in [1.54, 1.807) is 30.3 Å². The third-order valence-corrected chi connectivity index (χ3v) is 4.77. The standard InChI is InChI=1S/C21H28N6O6/c1-12(28)18(22)20(31)24-10-17(29)26-15(7-13-5-3-2-4-6-13)19(30)27-16(21(32)33)8-14-9-23-11-25-14/h2-6,9,11-12,15-16,18,28H,7-8,10,22H2,1H3,(H,23,25)(H,24,31)(H,26,29)(H,27,30)(H,32,33). The van der Waals surface area contributed by atoms with Crippen LogP contribution in [0.1, 0.15) is 18.2 Å². The van der Waals surface area contributed by atoms with Crippen LogP contribution in [-0.4, -0.2) is 74.6 Å². The molecule has 0 saturated heterocycles. The molecule has 0 radical (unpaired) electrons. The number of nitrogens with zero attached hydrogens (tertiary/aromatic N) is 1. The molecule has 0 spiro atoms. The first-order valence-corrected chi connectivity index (χ1v) is 10.2. The number of aliphatic hydroxyl groups excluding tert-OH is 1. The number of aliphatic hydroxyl groups is 1. The molecule has 2 aromatic rings. The Morgan fingerprint density at radius 3 is 2.33 bits per heavy atom. The smallest absolute Gasteiger partial charge is 0.326 e. The number of carboxylic acid groups (broad SMARTS) is 1. The lowest BCUT2D eigenvalue weighted by Crippen LogP contribution is -2.55. The summed E-state index contributed by atoms with van der Waals surface area (Å²) in [6, 6.07) is 5.28. The van der Waals surface area contributed by atoms with Gasteiger partial charge in [0.15, 0.2) is 0 Å². The van der Waals surface area contributed by atoms with Gasteiger partial charge in [-0.05, 0) is 12.5 Å². The van der Waals surface area contributed by atoms with Gasteiger partial charge in [0.1, 0.15) is 18.1 Å². The molecule has 1 aromatic carbocycles. The molecule has 3 amide bonds. The quantitative estimate of drug-likeness (QED) is 0.190. The summed E-state index contributed by atoms with van der Waals surface area (Å²) < 4.78 is 0. The van der Waals surface area contributed by atoms with E-state index in [9.17, 15) is 29.4 Å². The first-order chi connectivity index (χ1) is 15.7. The van der Waals surface area contributed by atoms with Crippen molar-refractivity contribution in [2.24, 2.45) is 5.73 Å². The fourth-order valence-electron chi connectivity index (χ4n) is 2.90. The lowest BCUT2D eigenvalue weighted by Gasteiger charge is -2.22. The second-order valence-electron chi connectivity index (χ2n) is 7.47. The van der Waals surface area contributed by atoms with Gasteiger partial charge < -0.3 is 36.9 Å². The molecule has 0 aliphatic carbocycles. The van der Waals surface area contributed by atoms with Gasteiger partial charge in [-0.2, -0.15) is 0 Å². The van der Waals surface area contributed by atoms with Crippen molar-refractivity contribution in [1.29, 1.82) is 0 Å². The number of H-pyrrole nitrogens is 1. The maximum atomic E-state index is 12.9. The van der Waals surface area contributed by atoms with Crippen molar-refractivity contribution in [3.63, 3.8) is 0 Å². The van der Waals surface area contributed by atoms with E-state index in [4.69, 9.17) is 5.73 Å². The Bertz CT molecular complexity index is 934. The molecule has 4 atom stereocenters. The average molecular weight is 460 g/mol. The number of nitrogens with one attached hydrogen (secondary N) is 4. The van der Waals surface area contributed by atoms with Crippen molar-refractivity contribution in [3.8, 4) is 0 Å². The molecule has 1 aromatic heterocycles. The van der Waals surface area contributed by atoms with Crippen LogP contribution in [0.25, 0.3) is 0 Å². The highest BCUT2D eigenvalue weighted by Gasteiger charge is 2.28. The molecule has 0 aliphatic rings. The Hall–Kier alpha value is -3.77. The molecule has 0 saturated carbocycles. The van der Waals surface area contributed by atoms with Gasteiger partial charge in [0.25, 0.3) is 0 Å². The maximum Gasteiger partial charge on any atom is 0.326 e. The van der Waals surface area contributed by atoms with E-state index in [1.807, 2.05) is 0 Å². The Morgan fingerprint density at radius 2 is 1.76 bits per heavy atom. The predicted molar refractivity (Wildman–Crippen MR) is 117 cm³/mol. The largest absolute Gasteiger partial charge is 0.480 e. The highest BCUT2D eigenvalue weighted by molar-refractivity contribution is 5.92. The van der Waals surface area contributed by atoms with Gasteiger partial charge in [-0.15, -0.1) is 0 Å². The summed E-state index contributed by atoms with van der Waals surface area (Å²) in [5, 5.41) is 26.1. The predicted octanol–water partition coefficient (Wildman–Crippen LogP) is -1.93. The number of carbonyl (C=O) groups is 4. The van der Waals surface area contributed by atoms with E-state index in [1.165, 1.54) is 19.4 Å². The minimum Gasteiger partial charge on any atom is -0.480 e. The number of carbonyl (C=O) groups excluding carboxylic acids is 3. The SMILES string of the molecule is CC(O)C(N)C(=O)NCC(=O)NC(Cc1ccccc1)C(=O)NC(Cc1cnc[nH]1)C(=O)O. The third-order valence-electron chi connectivity index (χ3n) is 4.77. The third kappa shape index (κ3) is 8.35. The lowest BCUT2D eigenvalue weighted by atomic mass is 10.0. The number of hydrogen-bond acceptors (Lipinski definition) is 7. The summed E-state index contributed by atoms with van der Waals surface area (Å²) in [4.78, 5) is 55.4. The number of nitrogens with two attached hydrogens (primary N) is 1. The Morgan fingerprint density at radius 1 is 1.06 bits per heavy atom. The summed E-state index contributed by atoms with van der Waals surface area (Å²) in [5.74, 6) is -3.36. The molecular weight excluding hydrogens is 432 g/mol. The van der Waals surface area contributed by atoms with Crippen LogP contribution < -0.4 is 21.7 Å². The van der Waals surface area contributed by atoms with Crippen molar-refractivity contribution in [3.05, 3.63) is 54.1 Å². The van der Waals surface area contributed by atoms with Crippen LogP contribution in [0, 0.1) is 0 Å². The number of rotatable bonds is 12. The molecule has 12 nitrogen and oxygen atoms in total. The van der Waals surface area contributed by atoms with E-state index in [0.717, 1.165) is 5.56 Å². The van der Waals surface area contributed by atoms with Crippen molar-refractivity contribution in [2.75, 3.05) is 6.54 Å². The van der Waals surface area contributed by atoms with Crippen LogP contribution in [0.5, 0.6) is 0 Å². The van der Waals surface area contributed by atoms with E-state index in [2.05, 4.69) is 25.9 Å². The van der Waals surface area contributed by atoms with Crippen molar-refractivity contribution >= 4 is 23.7 Å². The molecule has 0 bridgehead atoms. The first-order valence-electron chi connectivity index (χ1n) is 10.2. The molecule has 2 rings (SSSR count). The molecule has 0 aliphatic heterocycles. The summed E-state index contributed by atoms with van der Waals surface area (Å²) in [6.07, 6.45) is 1.81. The van der Waals surface area contributed by atoms with Gasteiger partial charge >= 0.3 is 5.97 Å².